The van der Waals surface area contributed by atoms with E-state index in [-0.39, 0.29) is 42.6 Å². The molecule has 0 saturated carbocycles. The highest BCUT2D eigenvalue weighted by Crippen LogP contribution is 2.32. The summed E-state index contributed by atoms with van der Waals surface area (Å²) in [6.45, 7) is 6.57. The molecule has 0 aliphatic rings. The van der Waals surface area contributed by atoms with Crippen molar-refractivity contribution in [2.24, 2.45) is 0 Å². The van der Waals surface area contributed by atoms with Crippen molar-refractivity contribution in [1.29, 1.82) is 0 Å². The van der Waals surface area contributed by atoms with Crippen LogP contribution in [0.3, 0.4) is 0 Å². The maximum absolute atomic E-state index is 14.4. The highest BCUT2D eigenvalue weighted by atomic mass is 19.1. The summed E-state index contributed by atoms with van der Waals surface area (Å²) in [6, 6.07) is 2.90. The van der Waals surface area contributed by atoms with E-state index in [0.29, 0.717) is 13.1 Å². The number of esters is 1. The van der Waals surface area contributed by atoms with Crippen molar-refractivity contribution in [2.45, 2.75) is 27.2 Å². The molecular weight excluding hydrogens is 317 g/mol. The molecule has 6 nitrogen and oxygen atoms in total. The summed E-state index contributed by atoms with van der Waals surface area (Å²) in [5.41, 5.74) is 0.146. The summed E-state index contributed by atoms with van der Waals surface area (Å²) in [4.78, 5) is 25.1. The molecule has 0 fully saturated rings. The molecule has 0 aromatic heterocycles. The second kappa shape index (κ2) is 9.75. The number of halogens is 1. The predicted octanol–water partition coefficient (Wildman–Crippen LogP) is 2.19. The van der Waals surface area contributed by atoms with Crippen LogP contribution in [-0.2, 0) is 20.7 Å². The zero-order chi connectivity index (χ0) is 18.1. The number of likely N-dealkylation sites (N-methyl/N-ethyl adjacent to an activating group) is 1. The topological polar surface area (TPSA) is 65.1 Å². The Bertz CT molecular complexity index is 572. The Kier molecular flexibility index (Phi) is 8.01. The van der Waals surface area contributed by atoms with E-state index in [1.165, 1.54) is 19.2 Å². The van der Waals surface area contributed by atoms with Gasteiger partial charge >= 0.3 is 5.97 Å². The number of hydrogen-bond acceptors (Lipinski definition) is 5. The molecule has 1 aromatic carbocycles. The fourth-order valence-electron chi connectivity index (χ4n) is 2.19. The van der Waals surface area contributed by atoms with Crippen LogP contribution in [0.2, 0.25) is 0 Å². The SMILES string of the molecule is CCOC(=O)Cc1ccc(OCC(=O)N(CC)CC)c(OC)c1F. The average molecular weight is 341 g/mol. The van der Waals surface area contributed by atoms with Gasteiger partial charge in [0.15, 0.2) is 23.9 Å². The van der Waals surface area contributed by atoms with Crippen LogP contribution in [-0.4, -0.2) is 50.2 Å². The highest BCUT2D eigenvalue weighted by Gasteiger charge is 2.19. The number of ether oxygens (including phenoxy) is 3. The highest BCUT2D eigenvalue weighted by molar-refractivity contribution is 5.78. The number of amides is 1. The molecule has 134 valence electrons. The Balaban J connectivity index is 2.88. The van der Waals surface area contributed by atoms with Crippen molar-refractivity contribution in [3.8, 4) is 11.5 Å². The Morgan fingerprint density at radius 3 is 2.38 bits per heavy atom. The molecule has 7 heteroatoms. The lowest BCUT2D eigenvalue weighted by atomic mass is 10.1. The molecule has 0 aliphatic carbocycles. The van der Waals surface area contributed by atoms with Gasteiger partial charge in [0.2, 0.25) is 0 Å². The van der Waals surface area contributed by atoms with Gasteiger partial charge in [-0.3, -0.25) is 9.59 Å². The van der Waals surface area contributed by atoms with Gasteiger partial charge in [-0.25, -0.2) is 4.39 Å². The lowest BCUT2D eigenvalue weighted by Crippen LogP contribution is -2.34. The molecule has 1 amide bonds. The molecule has 0 unspecified atom stereocenters. The second-order valence-electron chi connectivity index (χ2n) is 4.91. The molecule has 0 atom stereocenters. The van der Waals surface area contributed by atoms with Gasteiger partial charge in [0.25, 0.3) is 5.91 Å². The van der Waals surface area contributed by atoms with Crippen molar-refractivity contribution in [3.05, 3.63) is 23.5 Å². The molecule has 0 saturated heterocycles. The zero-order valence-electron chi connectivity index (χ0n) is 14.6. The Labute approximate surface area is 141 Å². The first-order valence-electron chi connectivity index (χ1n) is 7.89. The monoisotopic (exact) mass is 341 g/mol. The number of hydrogen-bond donors (Lipinski definition) is 0. The Morgan fingerprint density at radius 2 is 1.83 bits per heavy atom. The third-order valence-electron chi connectivity index (χ3n) is 3.45. The van der Waals surface area contributed by atoms with E-state index in [4.69, 9.17) is 14.2 Å². The number of benzene rings is 1. The number of carbonyl (C=O) groups excluding carboxylic acids is 2. The van der Waals surface area contributed by atoms with Gasteiger partial charge in [-0.2, -0.15) is 0 Å². The van der Waals surface area contributed by atoms with E-state index < -0.39 is 11.8 Å². The maximum atomic E-state index is 14.4. The quantitative estimate of drug-likeness (QED) is 0.644. The van der Waals surface area contributed by atoms with E-state index in [2.05, 4.69) is 0 Å². The fraction of sp³-hybridized carbons (Fsp3) is 0.529. The summed E-state index contributed by atoms with van der Waals surface area (Å²) in [7, 11) is 1.30. The minimum Gasteiger partial charge on any atom is -0.490 e. The second-order valence-corrected chi connectivity index (χ2v) is 4.91. The van der Waals surface area contributed by atoms with E-state index in [1.807, 2.05) is 13.8 Å². The van der Waals surface area contributed by atoms with Gasteiger partial charge < -0.3 is 19.1 Å². The number of rotatable bonds is 9. The van der Waals surface area contributed by atoms with Crippen LogP contribution in [0.1, 0.15) is 26.3 Å². The van der Waals surface area contributed by atoms with Crippen molar-refractivity contribution < 1.29 is 28.2 Å². The van der Waals surface area contributed by atoms with E-state index in [0.717, 1.165) is 0 Å². The molecule has 0 radical (unpaired) electrons. The van der Waals surface area contributed by atoms with E-state index in [9.17, 15) is 14.0 Å². The van der Waals surface area contributed by atoms with Crippen molar-refractivity contribution in [1.82, 2.24) is 4.90 Å². The van der Waals surface area contributed by atoms with E-state index in [1.54, 1.807) is 11.8 Å². The molecule has 0 N–H and O–H groups in total. The first-order valence-corrected chi connectivity index (χ1v) is 7.89. The molecule has 0 spiro atoms. The molecule has 0 bridgehead atoms. The Morgan fingerprint density at radius 1 is 1.17 bits per heavy atom. The third kappa shape index (κ3) is 5.11. The number of nitrogens with zero attached hydrogens (tertiary/aromatic N) is 1. The summed E-state index contributed by atoms with van der Waals surface area (Å²) >= 11 is 0. The van der Waals surface area contributed by atoms with Crippen LogP contribution in [0, 0.1) is 5.82 Å². The molecule has 24 heavy (non-hydrogen) atoms. The summed E-state index contributed by atoms with van der Waals surface area (Å²) < 4.78 is 29.7. The van der Waals surface area contributed by atoms with Gasteiger partial charge in [-0.15, -0.1) is 0 Å². The normalized spacial score (nSPS) is 10.2. The van der Waals surface area contributed by atoms with Crippen molar-refractivity contribution in [2.75, 3.05) is 33.4 Å². The van der Waals surface area contributed by atoms with Crippen molar-refractivity contribution in [3.63, 3.8) is 0 Å². The van der Waals surface area contributed by atoms with Crippen LogP contribution >= 0.6 is 0 Å². The zero-order valence-corrected chi connectivity index (χ0v) is 14.6. The molecule has 0 aliphatic heterocycles. The standard InChI is InChI=1S/C17H24FNO5/c1-5-19(6-2)14(20)11-24-13-9-8-12(10-15(21)23-7-3)16(18)17(13)22-4/h8-9H,5-7,10-11H2,1-4H3. The molecule has 1 rings (SSSR count). The smallest absolute Gasteiger partial charge is 0.310 e. The van der Waals surface area contributed by atoms with Crippen molar-refractivity contribution >= 4 is 11.9 Å². The first-order chi connectivity index (χ1) is 11.5. The maximum Gasteiger partial charge on any atom is 0.310 e. The third-order valence-corrected chi connectivity index (χ3v) is 3.45. The van der Waals surface area contributed by atoms with Gasteiger partial charge in [0.1, 0.15) is 0 Å². The lowest BCUT2D eigenvalue weighted by Gasteiger charge is -2.19. The van der Waals surface area contributed by atoms with Gasteiger partial charge in [-0.1, -0.05) is 6.07 Å². The summed E-state index contributed by atoms with van der Waals surface area (Å²) in [5, 5.41) is 0. The minimum atomic E-state index is -0.696. The van der Waals surface area contributed by atoms with Crippen LogP contribution in [0.25, 0.3) is 0 Å². The number of methoxy groups -OCH3 is 1. The van der Waals surface area contributed by atoms with Crippen LogP contribution in [0.4, 0.5) is 4.39 Å². The van der Waals surface area contributed by atoms with Gasteiger partial charge in [0, 0.05) is 18.7 Å². The predicted molar refractivity (Wildman–Crippen MR) is 86.7 cm³/mol. The molecular formula is C17H24FNO5. The largest absolute Gasteiger partial charge is 0.490 e. The van der Waals surface area contributed by atoms with E-state index >= 15 is 0 Å². The minimum absolute atomic E-state index is 0.114. The van der Waals surface area contributed by atoms with Gasteiger partial charge in [0.05, 0.1) is 20.1 Å². The lowest BCUT2D eigenvalue weighted by molar-refractivity contribution is -0.142. The van der Waals surface area contributed by atoms with Crippen LogP contribution in [0.5, 0.6) is 11.5 Å². The Hall–Kier alpha value is -2.31. The van der Waals surface area contributed by atoms with Gasteiger partial charge in [-0.05, 0) is 26.8 Å². The number of carbonyl (C=O) groups is 2. The fourth-order valence-corrected chi connectivity index (χ4v) is 2.19. The molecule has 0 heterocycles. The first kappa shape index (κ1) is 19.7. The van der Waals surface area contributed by atoms with Crippen LogP contribution < -0.4 is 9.47 Å². The molecule has 1 aromatic rings. The van der Waals surface area contributed by atoms with Crippen LogP contribution in [0.15, 0.2) is 12.1 Å². The summed E-state index contributed by atoms with van der Waals surface area (Å²) in [6.07, 6.45) is -0.200. The summed E-state index contributed by atoms with van der Waals surface area (Å²) in [5.74, 6) is -1.44. The average Bonchev–Trinajstić information content (AvgIpc) is 2.56.